The monoisotopic (exact) mass is 259 g/mol. The van der Waals surface area contributed by atoms with Crippen molar-refractivity contribution >= 4 is 5.97 Å². The van der Waals surface area contributed by atoms with Gasteiger partial charge in [0.05, 0.1) is 20.2 Å². The van der Waals surface area contributed by atoms with Gasteiger partial charge in [0, 0.05) is 17.7 Å². The van der Waals surface area contributed by atoms with Crippen LogP contribution in [-0.4, -0.2) is 37.7 Å². The molecule has 0 aliphatic carbocycles. The Morgan fingerprint density at radius 1 is 1.37 bits per heavy atom. The molecule has 0 aliphatic heterocycles. The molecule has 0 bridgehead atoms. The highest BCUT2D eigenvalue weighted by Gasteiger charge is 2.16. The zero-order chi connectivity index (χ0) is 14.1. The first-order valence-electron chi connectivity index (χ1n) is 6.12. The molecule has 0 aromatic heterocycles. The van der Waals surface area contributed by atoms with Crippen LogP contribution in [0.3, 0.4) is 0 Å². The molecule has 0 fully saturated rings. The summed E-state index contributed by atoms with van der Waals surface area (Å²) in [6, 6.07) is 11.9. The summed E-state index contributed by atoms with van der Waals surface area (Å²) in [5, 5.41) is 8.29. The second-order valence-electron chi connectivity index (χ2n) is 4.93. The Bertz CT molecular complexity index is 473. The van der Waals surface area contributed by atoms with Crippen molar-refractivity contribution in [1.29, 1.82) is 5.26 Å². The van der Waals surface area contributed by atoms with Gasteiger partial charge in [-0.25, -0.2) is 4.79 Å². The van der Waals surface area contributed by atoms with Gasteiger partial charge in [-0.2, -0.15) is 5.26 Å². The van der Waals surface area contributed by atoms with Gasteiger partial charge in [0.2, 0.25) is 0 Å². The molecule has 1 aromatic carbocycles. The molecule has 0 aliphatic rings. The number of nitrogens with zero attached hydrogens (tertiary/aromatic N) is 2. The Labute approximate surface area is 114 Å². The van der Waals surface area contributed by atoms with E-state index in [-0.39, 0.29) is 0 Å². The molecule has 0 amide bonds. The Hall–Kier alpha value is -2.12. The predicted octanol–water partition coefficient (Wildman–Crippen LogP) is 1.89. The highest BCUT2D eigenvalue weighted by atomic mass is 16.5. The van der Waals surface area contributed by atoms with E-state index >= 15 is 0 Å². The van der Waals surface area contributed by atoms with Crippen LogP contribution in [0.5, 0.6) is 0 Å². The highest BCUT2D eigenvalue weighted by Crippen LogP contribution is 2.08. The Balaban J connectivity index is 2.37. The molecule has 100 valence electrons. The van der Waals surface area contributed by atoms with Crippen molar-refractivity contribution in [2.45, 2.75) is 6.54 Å². The van der Waals surface area contributed by atoms with E-state index < -0.39 is 5.97 Å². The SMILES string of the molecule is C[N+](C)(CCOC(=O)C=CC#N)Cc1ccccc1. The number of carbonyl (C=O) groups is 1. The van der Waals surface area contributed by atoms with E-state index in [2.05, 4.69) is 26.2 Å². The minimum Gasteiger partial charge on any atom is -0.457 e. The maximum absolute atomic E-state index is 11.2. The van der Waals surface area contributed by atoms with Crippen molar-refractivity contribution < 1.29 is 14.0 Å². The molecule has 4 heteroatoms. The fourth-order valence-electron chi connectivity index (χ4n) is 1.70. The standard InChI is InChI=1S/C15H19N2O2/c1-17(2,13-14-7-4-3-5-8-14)11-12-19-15(18)9-6-10-16/h3-9H,11-13H2,1-2H3/q+1. The van der Waals surface area contributed by atoms with Gasteiger partial charge in [0.1, 0.15) is 19.7 Å². The second kappa shape index (κ2) is 7.34. The van der Waals surface area contributed by atoms with Gasteiger partial charge in [0.25, 0.3) is 0 Å². The molecule has 0 atom stereocenters. The second-order valence-corrected chi connectivity index (χ2v) is 4.93. The topological polar surface area (TPSA) is 50.1 Å². The maximum atomic E-state index is 11.2. The summed E-state index contributed by atoms with van der Waals surface area (Å²) in [5.74, 6) is -0.471. The lowest BCUT2D eigenvalue weighted by Crippen LogP contribution is -2.41. The lowest BCUT2D eigenvalue weighted by Gasteiger charge is -2.29. The van der Waals surface area contributed by atoms with Crippen LogP contribution < -0.4 is 0 Å². The number of esters is 1. The Kier molecular flexibility index (Phi) is 5.77. The van der Waals surface area contributed by atoms with Crippen LogP contribution in [0.1, 0.15) is 5.56 Å². The van der Waals surface area contributed by atoms with Crippen molar-refractivity contribution in [3.63, 3.8) is 0 Å². The number of allylic oxidation sites excluding steroid dienone is 1. The predicted molar refractivity (Wildman–Crippen MR) is 72.8 cm³/mol. The van der Waals surface area contributed by atoms with Gasteiger partial charge in [-0.3, -0.25) is 0 Å². The molecule has 0 saturated carbocycles. The molecular weight excluding hydrogens is 240 g/mol. The van der Waals surface area contributed by atoms with Crippen LogP contribution in [0.4, 0.5) is 0 Å². The lowest BCUT2D eigenvalue weighted by atomic mass is 10.2. The number of hydrogen-bond acceptors (Lipinski definition) is 3. The fraction of sp³-hybridized carbons (Fsp3) is 0.333. The third-order valence-electron chi connectivity index (χ3n) is 2.69. The number of hydrogen-bond donors (Lipinski definition) is 0. The molecule has 0 spiro atoms. The van der Waals surface area contributed by atoms with Crippen molar-refractivity contribution in [2.75, 3.05) is 27.2 Å². The highest BCUT2D eigenvalue weighted by molar-refractivity contribution is 5.82. The number of ether oxygens (including phenoxy) is 1. The quantitative estimate of drug-likeness (QED) is 0.339. The number of rotatable bonds is 6. The smallest absolute Gasteiger partial charge is 0.331 e. The number of likely N-dealkylation sites (N-methyl/N-ethyl adjacent to an activating group) is 1. The first-order chi connectivity index (χ1) is 9.03. The summed E-state index contributed by atoms with van der Waals surface area (Å²) >= 11 is 0. The zero-order valence-corrected chi connectivity index (χ0v) is 11.4. The first kappa shape index (κ1) is 14.9. The van der Waals surface area contributed by atoms with E-state index in [1.807, 2.05) is 18.2 Å². The normalized spacial score (nSPS) is 11.2. The Morgan fingerprint density at radius 3 is 2.68 bits per heavy atom. The van der Waals surface area contributed by atoms with Crippen LogP contribution in [0, 0.1) is 11.3 Å². The minimum absolute atomic E-state index is 0.342. The number of quaternary nitrogens is 1. The van der Waals surface area contributed by atoms with Crippen molar-refractivity contribution in [3.8, 4) is 6.07 Å². The van der Waals surface area contributed by atoms with Crippen LogP contribution in [0.2, 0.25) is 0 Å². The molecule has 1 rings (SSSR count). The molecule has 0 N–H and O–H groups in total. The molecule has 19 heavy (non-hydrogen) atoms. The maximum Gasteiger partial charge on any atom is 0.331 e. The minimum atomic E-state index is -0.471. The van der Waals surface area contributed by atoms with Crippen LogP contribution in [0.25, 0.3) is 0 Å². The summed E-state index contributed by atoms with van der Waals surface area (Å²) in [5.41, 5.74) is 1.25. The van der Waals surface area contributed by atoms with Crippen LogP contribution in [0.15, 0.2) is 42.5 Å². The van der Waals surface area contributed by atoms with E-state index in [1.54, 1.807) is 6.07 Å². The van der Waals surface area contributed by atoms with Gasteiger partial charge in [0.15, 0.2) is 0 Å². The van der Waals surface area contributed by atoms with Crippen LogP contribution >= 0.6 is 0 Å². The summed E-state index contributed by atoms with van der Waals surface area (Å²) in [6.07, 6.45) is 2.25. The van der Waals surface area contributed by atoms with E-state index in [1.165, 1.54) is 5.56 Å². The van der Waals surface area contributed by atoms with Gasteiger partial charge < -0.3 is 9.22 Å². The third kappa shape index (κ3) is 6.39. The Morgan fingerprint density at radius 2 is 2.05 bits per heavy atom. The largest absolute Gasteiger partial charge is 0.457 e. The van der Waals surface area contributed by atoms with Gasteiger partial charge >= 0.3 is 5.97 Å². The van der Waals surface area contributed by atoms with Gasteiger partial charge in [-0.15, -0.1) is 0 Å². The number of nitriles is 1. The average Bonchev–Trinajstić information content (AvgIpc) is 2.36. The summed E-state index contributed by atoms with van der Waals surface area (Å²) in [4.78, 5) is 11.2. The third-order valence-corrected chi connectivity index (χ3v) is 2.69. The van der Waals surface area contributed by atoms with E-state index in [0.29, 0.717) is 6.61 Å². The van der Waals surface area contributed by atoms with Gasteiger partial charge in [-0.05, 0) is 0 Å². The summed E-state index contributed by atoms with van der Waals surface area (Å²) in [6.45, 7) is 1.95. The first-order valence-corrected chi connectivity index (χ1v) is 6.12. The van der Waals surface area contributed by atoms with E-state index in [4.69, 9.17) is 10.00 Å². The molecule has 0 heterocycles. The van der Waals surface area contributed by atoms with Crippen molar-refractivity contribution in [3.05, 3.63) is 48.0 Å². The average molecular weight is 259 g/mol. The van der Waals surface area contributed by atoms with E-state index in [0.717, 1.165) is 29.7 Å². The van der Waals surface area contributed by atoms with Crippen LogP contribution in [-0.2, 0) is 16.1 Å². The molecule has 4 nitrogen and oxygen atoms in total. The van der Waals surface area contributed by atoms with E-state index in [9.17, 15) is 4.79 Å². The lowest BCUT2D eigenvalue weighted by molar-refractivity contribution is -0.903. The summed E-state index contributed by atoms with van der Waals surface area (Å²) in [7, 11) is 4.18. The fourth-order valence-corrected chi connectivity index (χ4v) is 1.70. The molecular formula is C15H19N2O2+. The van der Waals surface area contributed by atoms with Crippen molar-refractivity contribution in [2.24, 2.45) is 0 Å². The molecule has 0 unspecified atom stereocenters. The summed E-state index contributed by atoms with van der Waals surface area (Å²) < 4.78 is 5.76. The molecule has 0 radical (unpaired) electrons. The zero-order valence-electron chi connectivity index (χ0n) is 11.4. The number of carbonyl (C=O) groups excluding carboxylic acids is 1. The van der Waals surface area contributed by atoms with Crippen molar-refractivity contribution in [1.82, 2.24) is 0 Å². The molecule has 1 aromatic rings. The molecule has 0 saturated heterocycles. The number of benzene rings is 1. The van der Waals surface area contributed by atoms with Gasteiger partial charge in [-0.1, -0.05) is 30.3 Å².